The Labute approximate surface area is 54.9 Å². The molecule has 2 nitrogen and oxygen atoms in total. The molecule has 0 aromatic rings. The van der Waals surface area contributed by atoms with Crippen LogP contribution in [0.5, 0.6) is 0 Å². The maximum Gasteiger partial charge on any atom is 0.161 e. The molecular weight excluding hydrogens is 116 g/mol. The summed E-state index contributed by atoms with van der Waals surface area (Å²) in [5.74, 6) is 0.601. The standard InChI is InChI=1S/C7H12O2/c1-5(8)7(9)4-6-2-3-6/h5-6,8H,2-4H2,1H3. The minimum absolute atomic E-state index is 0.00231. The summed E-state index contributed by atoms with van der Waals surface area (Å²) in [5, 5.41) is 8.75. The molecular formula is C7H12O2. The summed E-state index contributed by atoms with van der Waals surface area (Å²) in [6.07, 6.45) is 2.21. The molecule has 1 fully saturated rings. The second kappa shape index (κ2) is 2.48. The van der Waals surface area contributed by atoms with Crippen LogP contribution in [0.25, 0.3) is 0 Å². The summed E-state index contributed by atoms with van der Waals surface area (Å²) in [6.45, 7) is 1.53. The molecule has 1 N–H and O–H groups in total. The van der Waals surface area contributed by atoms with Gasteiger partial charge >= 0.3 is 0 Å². The first-order chi connectivity index (χ1) is 4.20. The van der Waals surface area contributed by atoms with Gasteiger partial charge in [-0.1, -0.05) is 0 Å². The highest BCUT2D eigenvalue weighted by Crippen LogP contribution is 2.32. The topological polar surface area (TPSA) is 37.3 Å². The van der Waals surface area contributed by atoms with Gasteiger partial charge in [-0.25, -0.2) is 0 Å². The van der Waals surface area contributed by atoms with Crippen LogP contribution >= 0.6 is 0 Å². The van der Waals surface area contributed by atoms with Gasteiger partial charge in [-0.2, -0.15) is 0 Å². The summed E-state index contributed by atoms with van der Waals surface area (Å²) < 4.78 is 0. The number of rotatable bonds is 3. The van der Waals surface area contributed by atoms with Crippen LogP contribution < -0.4 is 0 Å². The number of aliphatic hydroxyl groups is 1. The lowest BCUT2D eigenvalue weighted by Crippen LogP contribution is -2.15. The smallest absolute Gasteiger partial charge is 0.161 e. The van der Waals surface area contributed by atoms with E-state index in [9.17, 15) is 4.79 Å². The van der Waals surface area contributed by atoms with E-state index < -0.39 is 6.10 Å². The van der Waals surface area contributed by atoms with Crippen LogP contribution in [-0.2, 0) is 4.79 Å². The largest absolute Gasteiger partial charge is 0.386 e. The third kappa shape index (κ3) is 2.14. The molecule has 1 saturated carbocycles. The van der Waals surface area contributed by atoms with Gasteiger partial charge in [0, 0.05) is 6.42 Å². The van der Waals surface area contributed by atoms with Crippen molar-refractivity contribution in [2.45, 2.75) is 32.3 Å². The SMILES string of the molecule is CC(O)C(=O)CC1CC1. The number of aliphatic hydroxyl groups excluding tert-OH is 1. The molecule has 0 aliphatic heterocycles. The molecule has 0 saturated heterocycles. The van der Waals surface area contributed by atoms with Crippen molar-refractivity contribution in [2.75, 3.05) is 0 Å². The van der Waals surface area contributed by atoms with E-state index in [1.807, 2.05) is 0 Å². The maximum atomic E-state index is 10.7. The Morgan fingerprint density at radius 3 is 2.67 bits per heavy atom. The molecule has 0 spiro atoms. The molecule has 1 aliphatic rings. The van der Waals surface area contributed by atoms with Crippen LogP contribution in [0.3, 0.4) is 0 Å². The van der Waals surface area contributed by atoms with E-state index >= 15 is 0 Å². The Hall–Kier alpha value is -0.370. The van der Waals surface area contributed by atoms with Crippen LogP contribution in [0.1, 0.15) is 26.2 Å². The van der Waals surface area contributed by atoms with Gasteiger partial charge in [0.25, 0.3) is 0 Å². The summed E-state index contributed by atoms with van der Waals surface area (Å²) in [6, 6.07) is 0. The van der Waals surface area contributed by atoms with Crippen molar-refractivity contribution in [2.24, 2.45) is 5.92 Å². The second-order valence-corrected chi connectivity index (χ2v) is 2.79. The van der Waals surface area contributed by atoms with Crippen molar-refractivity contribution < 1.29 is 9.90 Å². The Kier molecular flexibility index (Phi) is 1.86. The summed E-state index contributed by atoms with van der Waals surface area (Å²) >= 11 is 0. The van der Waals surface area contributed by atoms with Gasteiger partial charge in [0.15, 0.2) is 5.78 Å². The van der Waals surface area contributed by atoms with Crippen LogP contribution in [0.2, 0.25) is 0 Å². The molecule has 0 heterocycles. The highest BCUT2D eigenvalue weighted by atomic mass is 16.3. The molecule has 1 rings (SSSR count). The fraction of sp³-hybridized carbons (Fsp3) is 0.857. The van der Waals surface area contributed by atoms with E-state index in [0.29, 0.717) is 12.3 Å². The molecule has 1 atom stereocenters. The van der Waals surface area contributed by atoms with Gasteiger partial charge in [0.2, 0.25) is 0 Å². The highest BCUT2D eigenvalue weighted by Gasteiger charge is 2.25. The first kappa shape index (κ1) is 6.75. The molecule has 0 amide bonds. The highest BCUT2D eigenvalue weighted by molar-refractivity contribution is 5.82. The average molecular weight is 128 g/mol. The van der Waals surface area contributed by atoms with E-state index in [4.69, 9.17) is 5.11 Å². The summed E-state index contributed by atoms with van der Waals surface area (Å²) in [7, 11) is 0. The minimum atomic E-state index is -0.745. The molecule has 0 bridgehead atoms. The molecule has 1 unspecified atom stereocenters. The first-order valence-electron chi connectivity index (χ1n) is 3.41. The normalized spacial score (nSPS) is 21.6. The zero-order valence-electron chi connectivity index (χ0n) is 5.63. The van der Waals surface area contributed by atoms with Gasteiger partial charge in [0.1, 0.15) is 6.10 Å². The van der Waals surface area contributed by atoms with Crippen LogP contribution in [-0.4, -0.2) is 17.0 Å². The number of carbonyl (C=O) groups is 1. The number of carbonyl (C=O) groups excluding carboxylic acids is 1. The summed E-state index contributed by atoms with van der Waals surface area (Å²) in [5.41, 5.74) is 0. The first-order valence-corrected chi connectivity index (χ1v) is 3.41. The van der Waals surface area contributed by atoms with E-state index in [-0.39, 0.29) is 5.78 Å². The van der Waals surface area contributed by atoms with Crippen molar-refractivity contribution in [1.29, 1.82) is 0 Å². The zero-order chi connectivity index (χ0) is 6.85. The van der Waals surface area contributed by atoms with E-state index in [2.05, 4.69) is 0 Å². The van der Waals surface area contributed by atoms with Crippen LogP contribution in [0, 0.1) is 5.92 Å². The summed E-state index contributed by atoms with van der Waals surface area (Å²) in [4.78, 5) is 10.7. The van der Waals surface area contributed by atoms with E-state index in [1.54, 1.807) is 0 Å². The fourth-order valence-corrected chi connectivity index (χ4v) is 0.777. The lowest BCUT2D eigenvalue weighted by molar-refractivity contribution is -0.126. The molecule has 9 heavy (non-hydrogen) atoms. The minimum Gasteiger partial charge on any atom is -0.386 e. The molecule has 52 valence electrons. The van der Waals surface area contributed by atoms with Gasteiger partial charge in [-0.05, 0) is 25.7 Å². The Morgan fingerprint density at radius 2 is 2.33 bits per heavy atom. The monoisotopic (exact) mass is 128 g/mol. The Morgan fingerprint density at radius 1 is 1.78 bits per heavy atom. The molecule has 2 heteroatoms. The lowest BCUT2D eigenvalue weighted by Gasteiger charge is -1.99. The predicted octanol–water partition coefficient (Wildman–Crippen LogP) is 0.736. The lowest BCUT2D eigenvalue weighted by atomic mass is 10.1. The fourth-order valence-electron chi connectivity index (χ4n) is 0.777. The number of hydrogen-bond acceptors (Lipinski definition) is 2. The quantitative estimate of drug-likeness (QED) is 0.608. The second-order valence-electron chi connectivity index (χ2n) is 2.79. The van der Waals surface area contributed by atoms with Crippen molar-refractivity contribution in [3.05, 3.63) is 0 Å². The average Bonchev–Trinajstić information content (AvgIpc) is 2.50. The van der Waals surface area contributed by atoms with Crippen LogP contribution in [0.15, 0.2) is 0 Å². The zero-order valence-corrected chi connectivity index (χ0v) is 5.63. The predicted molar refractivity (Wildman–Crippen MR) is 34.0 cm³/mol. The van der Waals surface area contributed by atoms with Gasteiger partial charge in [-0.15, -0.1) is 0 Å². The molecule has 1 aliphatic carbocycles. The number of hydrogen-bond donors (Lipinski definition) is 1. The van der Waals surface area contributed by atoms with Crippen molar-refractivity contribution in [3.8, 4) is 0 Å². The van der Waals surface area contributed by atoms with E-state index in [1.165, 1.54) is 19.8 Å². The van der Waals surface area contributed by atoms with Crippen LogP contribution in [0.4, 0.5) is 0 Å². The van der Waals surface area contributed by atoms with Gasteiger partial charge < -0.3 is 5.11 Å². The Balaban J connectivity index is 2.17. The third-order valence-electron chi connectivity index (χ3n) is 1.65. The van der Waals surface area contributed by atoms with Crippen molar-refractivity contribution >= 4 is 5.78 Å². The molecule has 0 radical (unpaired) electrons. The van der Waals surface area contributed by atoms with Crippen molar-refractivity contribution in [3.63, 3.8) is 0 Å². The van der Waals surface area contributed by atoms with Gasteiger partial charge in [0.05, 0.1) is 0 Å². The molecule has 0 aromatic carbocycles. The molecule has 0 aromatic heterocycles. The maximum absolute atomic E-state index is 10.7. The number of ketones is 1. The van der Waals surface area contributed by atoms with Gasteiger partial charge in [-0.3, -0.25) is 4.79 Å². The van der Waals surface area contributed by atoms with E-state index in [0.717, 1.165) is 0 Å². The Bertz CT molecular complexity index is 114. The number of Topliss-reactive ketones (excluding diaryl/α,β-unsaturated/α-hetero) is 1. The third-order valence-corrected chi connectivity index (χ3v) is 1.65. The van der Waals surface area contributed by atoms with Crippen molar-refractivity contribution in [1.82, 2.24) is 0 Å².